The summed E-state index contributed by atoms with van der Waals surface area (Å²) in [5.41, 5.74) is 0. The first kappa shape index (κ1) is 16.9. The molecule has 0 spiro atoms. The highest BCUT2D eigenvalue weighted by Crippen LogP contribution is 2.09. The summed E-state index contributed by atoms with van der Waals surface area (Å²) >= 11 is 1.91. The van der Waals surface area contributed by atoms with Gasteiger partial charge in [-0.1, -0.05) is 0 Å². The third-order valence-electron chi connectivity index (χ3n) is 3.68. The Kier molecular flexibility index (Phi) is 7.28. The van der Waals surface area contributed by atoms with Crippen LogP contribution in [0.15, 0.2) is 23.5 Å². The van der Waals surface area contributed by atoms with Crippen LogP contribution in [0.5, 0.6) is 0 Å². The van der Waals surface area contributed by atoms with Gasteiger partial charge in [-0.2, -0.15) is 11.8 Å². The molecule has 122 valence electrons. The zero-order valence-electron chi connectivity index (χ0n) is 13.5. The lowest BCUT2D eigenvalue weighted by atomic mass is 10.3. The second-order valence-electron chi connectivity index (χ2n) is 5.20. The Bertz CT molecular complexity index is 445. The fraction of sp³-hybridized carbons (Fsp3) is 0.667. The molecule has 1 saturated heterocycles. The van der Waals surface area contributed by atoms with Gasteiger partial charge in [-0.25, -0.2) is 9.97 Å². The van der Waals surface area contributed by atoms with Crippen LogP contribution < -0.4 is 10.2 Å². The van der Waals surface area contributed by atoms with Gasteiger partial charge in [0.1, 0.15) is 0 Å². The molecule has 1 fully saturated rings. The maximum Gasteiger partial charge on any atom is 0.225 e. The number of aromatic nitrogens is 2. The van der Waals surface area contributed by atoms with E-state index in [9.17, 15) is 0 Å². The number of aliphatic imine (C=N–C) groups is 1. The summed E-state index contributed by atoms with van der Waals surface area (Å²) < 4.78 is 0. The molecule has 1 aromatic heterocycles. The number of rotatable bonds is 6. The van der Waals surface area contributed by atoms with E-state index in [4.69, 9.17) is 0 Å². The van der Waals surface area contributed by atoms with E-state index in [1.54, 1.807) is 12.4 Å². The van der Waals surface area contributed by atoms with Crippen molar-refractivity contribution in [2.24, 2.45) is 4.99 Å². The Morgan fingerprint density at radius 1 is 1.23 bits per heavy atom. The molecule has 0 saturated carbocycles. The van der Waals surface area contributed by atoms with Crippen molar-refractivity contribution >= 4 is 23.7 Å². The minimum Gasteiger partial charge on any atom is -0.356 e. The Labute approximate surface area is 137 Å². The fourth-order valence-corrected chi connectivity index (χ4v) is 2.97. The normalized spacial score (nSPS) is 16.0. The van der Waals surface area contributed by atoms with Gasteiger partial charge in [-0.15, -0.1) is 0 Å². The number of guanidine groups is 1. The highest BCUT2D eigenvalue weighted by Gasteiger charge is 2.20. The second kappa shape index (κ2) is 9.50. The lowest BCUT2D eigenvalue weighted by Gasteiger charge is -2.36. The van der Waals surface area contributed by atoms with E-state index in [1.807, 2.05) is 24.9 Å². The molecule has 1 aliphatic rings. The third-order valence-corrected chi connectivity index (χ3v) is 4.38. The number of hydrogen-bond acceptors (Lipinski definition) is 5. The minimum atomic E-state index is 0.821. The van der Waals surface area contributed by atoms with E-state index < -0.39 is 0 Å². The quantitative estimate of drug-likeness (QED) is 0.484. The topological polar surface area (TPSA) is 56.7 Å². The van der Waals surface area contributed by atoms with Crippen LogP contribution in [0.2, 0.25) is 0 Å². The van der Waals surface area contributed by atoms with Gasteiger partial charge in [0.15, 0.2) is 5.96 Å². The molecule has 22 heavy (non-hydrogen) atoms. The number of thioether (sulfide) groups is 1. The van der Waals surface area contributed by atoms with Crippen LogP contribution in [-0.4, -0.2) is 72.6 Å². The number of unbranched alkanes of at least 4 members (excludes halogenated alkanes) is 1. The predicted octanol–water partition coefficient (Wildman–Crippen LogP) is 1.32. The molecule has 0 aromatic carbocycles. The summed E-state index contributed by atoms with van der Waals surface area (Å²) in [7, 11) is 1.86. The van der Waals surface area contributed by atoms with Gasteiger partial charge in [-0.05, 0) is 30.9 Å². The molecule has 1 N–H and O–H groups in total. The minimum absolute atomic E-state index is 0.821. The number of nitrogens with zero attached hydrogens (tertiary/aromatic N) is 5. The van der Waals surface area contributed by atoms with Crippen molar-refractivity contribution < 1.29 is 0 Å². The average molecular weight is 322 g/mol. The Hall–Kier alpha value is -1.50. The van der Waals surface area contributed by atoms with Crippen molar-refractivity contribution in [1.82, 2.24) is 20.2 Å². The van der Waals surface area contributed by atoms with Crippen LogP contribution in [0.3, 0.4) is 0 Å². The van der Waals surface area contributed by atoms with E-state index in [1.165, 1.54) is 18.6 Å². The maximum atomic E-state index is 4.40. The molecular formula is C15H26N6S. The molecule has 1 aliphatic heterocycles. The maximum absolute atomic E-state index is 4.40. The zero-order chi connectivity index (χ0) is 15.6. The number of piperazine rings is 1. The lowest BCUT2D eigenvalue weighted by Crippen LogP contribution is -2.53. The smallest absolute Gasteiger partial charge is 0.225 e. The Morgan fingerprint density at radius 3 is 2.59 bits per heavy atom. The van der Waals surface area contributed by atoms with Crippen LogP contribution >= 0.6 is 11.8 Å². The van der Waals surface area contributed by atoms with Crippen molar-refractivity contribution in [1.29, 1.82) is 0 Å². The molecule has 0 radical (unpaired) electrons. The first-order valence-corrected chi connectivity index (χ1v) is 9.21. The van der Waals surface area contributed by atoms with E-state index in [-0.39, 0.29) is 0 Å². The Balaban J connectivity index is 1.75. The highest BCUT2D eigenvalue weighted by molar-refractivity contribution is 7.98. The lowest BCUT2D eigenvalue weighted by molar-refractivity contribution is 0.370. The number of anilines is 1. The third kappa shape index (κ3) is 5.05. The molecule has 6 nitrogen and oxygen atoms in total. The molecule has 0 bridgehead atoms. The number of hydrogen-bond donors (Lipinski definition) is 1. The van der Waals surface area contributed by atoms with E-state index >= 15 is 0 Å². The van der Waals surface area contributed by atoms with Gasteiger partial charge in [-0.3, -0.25) is 4.99 Å². The molecule has 0 amide bonds. The van der Waals surface area contributed by atoms with E-state index in [0.29, 0.717) is 0 Å². The van der Waals surface area contributed by atoms with Gasteiger partial charge >= 0.3 is 0 Å². The van der Waals surface area contributed by atoms with Gasteiger partial charge in [0, 0.05) is 52.2 Å². The van der Waals surface area contributed by atoms with Crippen molar-refractivity contribution in [3.05, 3.63) is 18.5 Å². The van der Waals surface area contributed by atoms with Crippen molar-refractivity contribution in [2.45, 2.75) is 12.8 Å². The van der Waals surface area contributed by atoms with Crippen molar-refractivity contribution in [3.63, 3.8) is 0 Å². The van der Waals surface area contributed by atoms with Gasteiger partial charge in [0.25, 0.3) is 0 Å². The molecule has 1 aromatic rings. The number of nitrogens with one attached hydrogen (secondary N) is 1. The summed E-state index contributed by atoms with van der Waals surface area (Å²) in [6, 6.07) is 1.85. The summed E-state index contributed by atoms with van der Waals surface area (Å²) in [6.07, 6.45) is 8.19. The summed E-state index contributed by atoms with van der Waals surface area (Å²) in [6.45, 7) is 4.75. The molecule has 7 heteroatoms. The van der Waals surface area contributed by atoms with Crippen LogP contribution in [0.25, 0.3) is 0 Å². The molecule has 2 rings (SSSR count). The van der Waals surface area contributed by atoms with Crippen LogP contribution in [0.4, 0.5) is 5.95 Å². The van der Waals surface area contributed by atoms with E-state index in [0.717, 1.165) is 44.6 Å². The standard InChI is InChI=1S/C15H26N6S/c1-16-14(17-6-3-4-13-22-2)20-9-11-21(12-10-20)15-18-7-5-8-19-15/h5,7-8H,3-4,6,9-13H2,1-2H3,(H,16,17). The Morgan fingerprint density at radius 2 is 1.95 bits per heavy atom. The molecule has 0 atom stereocenters. The van der Waals surface area contributed by atoms with E-state index in [2.05, 4.69) is 36.3 Å². The summed E-state index contributed by atoms with van der Waals surface area (Å²) in [4.78, 5) is 17.6. The van der Waals surface area contributed by atoms with Crippen LogP contribution in [0.1, 0.15) is 12.8 Å². The predicted molar refractivity (Wildman–Crippen MR) is 94.8 cm³/mol. The first-order valence-electron chi connectivity index (χ1n) is 7.81. The fourth-order valence-electron chi connectivity index (χ4n) is 2.48. The van der Waals surface area contributed by atoms with Crippen LogP contribution in [-0.2, 0) is 0 Å². The second-order valence-corrected chi connectivity index (χ2v) is 6.18. The molecule has 0 aliphatic carbocycles. The molecular weight excluding hydrogens is 296 g/mol. The molecule has 0 unspecified atom stereocenters. The van der Waals surface area contributed by atoms with Gasteiger partial charge < -0.3 is 15.1 Å². The zero-order valence-corrected chi connectivity index (χ0v) is 14.3. The molecule has 2 heterocycles. The van der Waals surface area contributed by atoms with Crippen LogP contribution in [0, 0.1) is 0 Å². The summed E-state index contributed by atoms with van der Waals surface area (Å²) in [5, 5.41) is 3.47. The van der Waals surface area contributed by atoms with Crippen molar-refractivity contribution in [3.8, 4) is 0 Å². The highest BCUT2D eigenvalue weighted by atomic mass is 32.2. The van der Waals surface area contributed by atoms with Crippen molar-refractivity contribution in [2.75, 3.05) is 56.7 Å². The average Bonchev–Trinajstić information content (AvgIpc) is 2.59. The van der Waals surface area contributed by atoms with Gasteiger partial charge in [0.2, 0.25) is 5.95 Å². The summed E-state index contributed by atoms with van der Waals surface area (Å²) in [5.74, 6) is 3.07. The first-order chi connectivity index (χ1) is 10.8. The SMILES string of the molecule is CN=C(NCCCCSC)N1CCN(c2ncccn2)CC1. The largest absolute Gasteiger partial charge is 0.356 e. The monoisotopic (exact) mass is 322 g/mol. The van der Waals surface area contributed by atoms with Gasteiger partial charge in [0.05, 0.1) is 0 Å².